The second-order valence-corrected chi connectivity index (χ2v) is 4.47. The molecule has 102 valence electrons. The summed E-state index contributed by atoms with van der Waals surface area (Å²) < 4.78 is 17.6. The Labute approximate surface area is 114 Å². The molecular formula is C13H17N3O2S. The van der Waals surface area contributed by atoms with Gasteiger partial charge in [0, 0.05) is 11.9 Å². The lowest BCUT2D eigenvalue weighted by atomic mass is 10.1. The molecule has 5 nitrogen and oxygen atoms in total. The molecule has 0 radical (unpaired) electrons. The van der Waals surface area contributed by atoms with Crippen LogP contribution in [0.1, 0.15) is 11.1 Å². The van der Waals surface area contributed by atoms with Gasteiger partial charge in [-0.05, 0) is 43.2 Å². The molecular weight excluding hydrogens is 262 g/mol. The van der Waals surface area contributed by atoms with E-state index >= 15 is 0 Å². The van der Waals surface area contributed by atoms with Crippen LogP contribution in [0.15, 0.2) is 42.7 Å². The van der Waals surface area contributed by atoms with Crippen molar-refractivity contribution in [2.45, 2.75) is 13.8 Å². The zero-order valence-electron chi connectivity index (χ0n) is 10.8. The standard InChI is InChI=1S/C13H14N2.H3NO2S/c1-10-5-3-7-13(11(10)2)15-12-6-4-8-14-9-12;1-4(2)3/h3-9,15H,1-2H3;4H,(H2,1,2,3). The molecule has 0 fully saturated rings. The topological polar surface area (TPSA) is 85.1 Å². The predicted molar refractivity (Wildman–Crippen MR) is 77.9 cm³/mol. The first kappa shape index (κ1) is 15.1. The summed E-state index contributed by atoms with van der Waals surface area (Å²) in [5.41, 5.74) is 4.74. The first-order valence-corrected chi connectivity index (χ1v) is 6.87. The summed E-state index contributed by atoms with van der Waals surface area (Å²) in [6.45, 7) is 4.23. The van der Waals surface area contributed by atoms with E-state index < -0.39 is 10.9 Å². The number of benzene rings is 1. The van der Waals surface area contributed by atoms with E-state index in [9.17, 15) is 0 Å². The SMILES string of the molecule is Cc1cccc(Nc2cccnc2)c1C.N[SH](=O)=O. The van der Waals surface area contributed by atoms with Crippen molar-refractivity contribution < 1.29 is 8.42 Å². The normalized spacial score (nSPS) is 9.68. The minimum atomic E-state index is -2.62. The molecule has 1 aromatic carbocycles. The Morgan fingerprint density at radius 2 is 1.84 bits per heavy atom. The number of nitrogens with one attached hydrogen (secondary N) is 1. The highest BCUT2D eigenvalue weighted by atomic mass is 32.2. The second kappa shape index (κ2) is 7.50. The molecule has 3 N–H and O–H groups in total. The van der Waals surface area contributed by atoms with Crippen molar-refractivity contribution in [1.29, 1.82) is 0 Å². The number of pyridine rings is 1. The van der Waals surface area contributed by atoms with Gasteiger partial charge in [-0.1, -0.05) is 12.1 Å². The first-order valence-electron chi connectivity index (χ1n) is 5.63. The van der Waals surface area contributed by atoms with Crippen molar-refractivity contribution in [2.24, 2.45) is 5.14 Å². The third-order valence-corrected chi connectivity index (χ3v) is 2.55. The second-order valence-electron chi connectivity index (χ2n) is 3.90. The molecule has 0 unspecified atom stereocenters. The summed E-state index contributed by atoms with van der Waals surface area (Å²) in [5.74, 6) is 0. The van der Waals surface area contributed by atoms with Crippen LogP contribution in [0, 0.1) is 13.8 Å². The van der Waals surface area contributed by atoms with Gasteiger partial charge in [0.25, 0.3) is 0 Å². The van der Waals surface area contributed by atoms with Gasteiger partial charge in [-0.3, -0.25) is 4.98 Å². The first-order chi connectivity index (χ1) is 9.00. The van der Waals surface area contributed by atoms with Crippen LogP contribution in [0.2, 0.25) is 0 Å². The van der Waals surface area contributed by atoms with Gasteiger partial charge in [-0.15, -0.1) is 0 Å². The maximum Gasteiger partial charge on any atom is 0.198 e. The Kier molecular flexibility index (Phi) is 5.98. The van der Waals surface area contributed by atoms with Crippen molar-refractivity contribution in [3.63, 3.8) is 0 Å². The number of hydrogen-bond acceptors (Lipinski definition) is 4. The summed E-state index contributed by atoms with van der Waals surface area (Å²) in [6, 6.07) is 10.2. The summed E-state index contributed by atoms with van der Waals surface area (Å²) in [6.07, 6.45) is 3.59. The van der Waals surface area contributed by atoms with E-state index in [-0.39, 0.29) is 0 Å². The van der Waals surface area contributed by atoms with Crippen LogP contribution in [-0.4, -0.2) is 13.4 Å². The molecule has 0 bridgehead atoms. The number of hydrogen-bond donors (Lipinski definition) is 3. The quantitative estimate of drug-likeness (QED) is 0.733. The van der Waals surface area contributed by atoms with Crippen LogP contribution in [-0.2, 0) is 10.9 Å². The maximum absolute atomic E-state index is 8.81. The molecule has 0 spiro atoms. The van der Waals surface area contributed by atoms with Crippen LogP contribution >= 0.6 is 0 Å². The molecule has 1 aromatic heterocycles. The van der Waals surface area contributed by atoms with Crippen LogP contribution in [0.25, 0.3) is 0 Å². The Morgan fingerprint density at radius 3 is 2.42 bits per heavy atom. The van der Waals surface area contributed by atoms with E-state index in [0.717, 1.165) is 11.4 Å². The van der Waals surface area contributed by atoms with Gasteiger partial charge in [0.05, 0.1) is 11.9 Å². The lowest BCUT2D eigenvalue weighted by Crippen LogP contribution is -1.94. The zero-order chi connectivity index (χ0) is 14.3. The summed E-state index contributed by atoms with van der Waals surface area (Å²) in [4.78, 5) is 4.07. The lowest BCUT2D eigenvalue weighted by molar-refractivity contribution is 0.616. The molecule has 0 aliphatic carbocycles. The fourth-order valence-corrected chi connectivity index (χ4v) is 1.48. The van der Waals surface area contributed by atoms with Crippen LogP contribution in [0.4, 0.5) is 11.4 Å². The molecule has 6 heteroatoms. The molecule has 19 heavy (non-hydrogen) atoms. The van der Waals surface area contributed by atoms with E-state index in [2.05, 4.69) is 47.5 Å². The Hall–Kier alpha value is -1.92. The van der Waals surface area contributed by atoms with Gasteiger partial charge in [0.2, 0.25) is 0 Å². The molecule has 0 saturated heterocycles. The van der Waals surface area contributed by atoms with E-state index in [1.54, 1.807) is 6.20 Å². The fourth-order valence-electron chi connectivity index (χ4n) is 1.48. The average molecular weight is 279 g/mol. The van der Waals surface area contributed by atoms with Crippen LogP contribution in [0.5, 0.6) is 0 Å². The van der Waals surface area contributed by atoms with E-state index in [0.29, 0.717) is 0 Å². The van der Waals surface area contributed by atoms with Gasteiger partial charge in [-0.2, -0.15) is 0 Å². The highest BCUT2D eigenvalue weighted by Gasteiger charge is 2.00. The van der Waals surface area contributed by atoms with Gasteiger partial charge >= 0.3 is 0 Å². The molecule has 1 heterocycles. The molecule has 0 atom stereocenters. The van der Waals surface area contributed by atoms with Crippen molar-refractivity contribution in [3.8, 4) is 0 Å². The van der Waals surface area contributed by atoms with Crippen LogP contribution in [0.3, 0.4) is 0 Å². The largest absolute Gasteiger partial charge is 0.354 e. The molecule has 2 aromatic rings. The van der Waals surface area contributed by atoms with Crippen molar-refractivity contribution in [2.75, 3.05) is 5.32 Å². The monoisotopic (exact) mass is 279 g/mol. The molecule has 2 rings (SSSR count). The fraction of sp³-hybridized carbons (Fsp3) is 0.154. The van der Waals surface area contributed by atoms with Crippen molar-refractivity contribution in [1.82, 2.24) is 4.98 Å². The zero-order valence-corrected chi connectivity index (χ0v) is 11.7. The smallest absolute Gasteiger partial charge is 0.198 e. The Balaban J connectivity index is 0.000000399. The number of nitrogens with two attached hydrogens (primary N) is 1. The average Bonchev–Trinajstić information content (AvgIpc) is 2.36. The van der Waals surface area contributed by atoms with E-state index in [1.165, 1.54) is 11.1 Å². The van der Waals surface area contributed by atoms with Gasteiger partial charge in [0.1, 0.15) is 0 Å². The number of anilines is 2. The molecule has 0 saturated carbocycles. The highest BCUT2D eigenvalue weighted by Crippen LogP contribution is 2.21. The van der Waals surface area contributed by atoms with Gasteiger partial charge in [0.15, 0.2) is 10.9 Å². The Bertz CT molecular complexity index is 590. The third-order valence-electron chi connectivity index (χ3n) is 2.55. The summed E-state index contributed by atoms with van der Waals surface area (Å²) >= 11 is 0. The van der Waals surface area contributed by atoms with Gasteiger partial charge < -0.3 is 5.32 Å². The van der Waals surface area contributed by atoms with Crippen LogP contribution < -0.4 is 10.5 Å². The minimum Gasteiger partial charge on any atom is -0.354 e. The van der Waals surface area contributed by atoms with Gasteiger partial charge in [-0.25, -0.2) is 13.6 Å². The maximum atomic E-state index is 8.81. The van der Waals surface area contributed by atoms with E-state index in [1.807, 2.05) is 18.3 Å². The minimum absolute atomic E-state index is 1.02. The number of aryl methyl sites for hydroxylation is 1. The van der Waals surface area contributed by atoms with Crippen molar-refractivity contribution in [3.05, 3.63) is 53.9 Å². The molecule has 0 aliphatic heterocycles. The van der Waals surface area contributed by atoms with Crippen molar-refractivity contribution >= 4 is 22.3 Å². The number of rotatable bonds is 2. The molecule has 0 aliphatic rings. The number of nitrogens with zero attached hydrogens (tertiary/aromatic N) is 1. The third kappa shape index (κ3) is 5.50. The summed E-state index contributed by atoms with van der Waals surface area (Å²) in [7, 11) is -2.62. The molecule has 0 amide bonds. The van der Waals surface area contributed by atoms with E-state index in [4.69, 9.17) is 8.42 Å². The summed E-state index contributed by atoms with van der Waals surface area (Å²) in [5, 5.41) is 7.42. The Morgan fingerprint density at radius 1 is 1.16 bits per heavy atom. The predicted octanol–water partition coefficient (Wildman–Crippen LogP) is 1.91. The number of aromatic nitrogens is 1. The lowest BCUT2D eigenvalue weighted by Gasteiger charge is -2.10. The number of thiol groups is 1. The highest BCUT2D eigenvalue weighted by molar-refractivity contribution is 7.69.